The molecule has 0 radical (unpaired) electrons. The van der Waals surface area contributed by atoms with Crippen molar-refractivity contribution in [1.82, 2.24) is 4.90 Å². The fourth-order valence-electron chi connectivity index (χ4n) is 4.12. The van der Waals surface area contributed by atoms with Gasteiger partial charge >= 0.3 is 0 Å². The third-order valence-electron chi connectivity index (χ3n) is 5.63. The number of amides is 2. The highest BCUT2D eigenvalue weighted by atomic mass is 32.1. The van der Waals surface area contributed by atoms with Crippen LogP contribution >= 0.6 is 11.3 Å². The molecule has 2 aromatic carbocycles. The van der Waals surface area contributed by atoms with Crippen molar-refractivity contribution in [3.05, 3.63) is 87.6 Å². The molecule has 32 heavy (non-hydrogen) atoms. The highest BCUT2D eigenvalue weighted by Crippen LogP contribution is 2.44. The summed E-state index contributed by atoms with van der Waals surface area (Å²) in [5.41, 5.74) is 2.29. The second kappa shape index (κ2) is 9.46. The summed E-state index contributed by atoms with van der Waals surface area (Å²) in [4.78, 5) is 41.5. The molecule has 1 aliphatic rings. The summed E-state index contributed by atoms with van der Waals surface area (Å²) in [7, 11) is 1.59. The number of thiophene rings is 1. The Kier molecular flexibility index (Phi) is 6.48. The maximum Gasteiger partial charge on any atom is 0.254 e. The maximum atomic E-state index is 13.7. The van der Waals surface area contributed by atoms with E-state index in [0.717, 1.165) is 4.88 Å². The van der Waals surface area contributed by atoms with Crippen molar-refractivity contribution in [1.29, 1.82) is 0 Å². The van der Waals surface area contributed by atoms with Crippen LogP contribution in [0.1, 0.15) is 50.0 Å². The second-order valence-electron chi connectivity index (χ2n) is 7.64. The normalized spacial score (nSPS) is 17.7. The number of hydrogen-bond donors (Lipinski definition) is 1. The minimum Gasteiger partial charge on any atom is -0.383 e. The van der Waals surface area contributed by atoms with Crippen LogP contribution in [0.5, 0.6) is 0 Å². The fraction of sp³-hybridized carbons (Fsp3) is 0.240. The van der Waals surface area contributed by atoms with E-state index < -0.39 is 12.0 Å². The minimum absolute atomic E-state index is 0.0723. The number of Topliss-reactive ketones (excluding diaryl/α,β-unsaturated/α-hetero) is 1. The molecule has 0 bridgehead atoms. The largest absolute Gasteiger partial charge is 0.383 e. The monoisotopic (exact) mass is 448 g/mol. The first kappa shape index (κ1) is 21.9. The second-order valence-corrected chi connectivity index (χ2v) is 8.62. The highest BCUT2D eigenvalue weighted by Gasteiger charge is 2.44. The Morgan fingerprint density at radius 1 is 1.09 bits per heavy atom. The number of nitrogens with one attached hydrogen (secondary N) is 1. The zero-order chi connectivity index (χ0) is 22.7. The van der Waals surface area contributed by atoms with Gasteiger partial charge in [0.25, 0.3) is 5.91 Å². The molecule has 1 aromatic heterocycles. The van der Waals surface area contributed by atoms with Gasteiger partial charge in [-0.05, 0) is 42.1 Å². The van der Waals surface area contributed by atoms with Crippen LogP contribution in [0.2, 0.25) is 0 Å². The molecule has 2 amide bonds. The number of ether oxygens (including phenoxy) is 1. The number of hydrogen-bond acceptors (Lipinski definition) is 5. The first-order valence-electron chi connectivity index (χ1n) is 10.4. The van der Waals surface area contributed by atoms with Crippen LogP contribution in [-0.4, -0.2) is 42.8 Å². The summed E-state index contributed by atoms with van der Waals surface area (Å²) < 4.78 is 5.25. The molecule has 1 N–H and O–H groups in total. The van der Waals surface area contributed by atoms with Crippen LogP contribution < -0.4 is 5.32 Å². The van der Waals surface area contributed by atoms with E-state index in [1.807, 2.05) is 35.7 Å². The predicted octanol–water partition coefficient (Wildman–Crippen LogP) is 4.52. The zero-order valence-electron chi connectivity index (χ0n) is 17.9. The molecule has 0 unspecified atom stereocenters. The quantitative estimate of drug-likeness (QED) is 0.540. The Morgan fingerprint density at radius 2 is 1.91 bits per heavy atom. The average Bonchev–Trinajstić information content (AvgIpc) is 3.33. The average molecular weight is 449 g/mol. The van der Waals surface area contributed by atoms with Gasteiger partial charge in [0.1, 0.15) is 0 Å². The first-order valence-corrected chi connectivity index (χ1v) is 11.2. The van der Waals surface area contributed by atoms with Gasteiger partial charge in [0.05, 0.1) is 18.6 Å². The summed E-state index contributed by atoms with van der Waals surface area (Å²) in [6, 6.07) is 17.6. The SMILES string of the molecule is COCCN1C(=O)c2ccccc2[C@@H](C(=O)Nc2cccc(C(C)=O)c2)[C@H]1c1cccs1. The lowest BCUT2D eigenvalue weighted by Crippen LogP contribution is -2.47. The number of fused-ring (bicyclic) bond motifs is 1. The summed E-state index contributed by atoms with van der Waals surface area (Å²) >= 11 is 1.52. The van der Waals surface area contributed by atoms with E-state index >= 15 is 0 Å². The van der Waals surface area contributed by atoms with Crippen LogP contribution in [-0.2, 0) is 9.53 Å². The molecule has 0 saturated carbocycles. The highest BCUT2D eigenvalue weighted by molar-refractivity contribution is 7.10. The molecule has 0 fully saturated rings. The molecule has 7 heteroatoms. The van der Waals surface area contributed by atoms with Crippen molar-refractivity contribution >= 4 is 34.6 Å². The summed E-state index contributed by atoms with van der Waals surface area (Å²) in [5.74, 6) is -1.03. The molecule has 4 rings (SSSR count). The topological polar surface area (TPSA) is 75.7 Å². The number of carbonyl (C=O) groups is 3. The van der Waals surface area contributed by atoms with Crippen molar-refractivity contribution < 1.29 is 19.1 Å². The minimum atomic E-state index is -0.611. The molecular weight excluding hydrogens is 424 g/mol. The van der Waals surface area contributed by atoms with Crippen LogP contribution in [0.15, 0.2) is 66.0 Å². The Morgan fingerprint density at radius 3 is 2.62 bits per heavy atom. The third kappa shape index (κ3) is 4.22. The molecule has 0 aliphatic carbocycles. The Bertz CT molecular complexity index is 1140. The maximum absolute atomic E-state index is 13.7. The van der Waals surface area contributed by atoms with Crippen LogP contribution in [0.3, 0.4) is 0 Å². The Balaban J connectivity index is 1.78. The summed E-state index contributed by atoms with van der Waals surface area (Å²) in [6.45, 7) is 2.23. The Hall–Kier alpha value is -3.29. The van der Waals surface area contributed by atoms with Crippen LogP contribution in [0.25, 0.3) is 0 Å². The summed E-state index contributed by atoms with van der Waals surface area (Å²) in [6.07, 6.45) is 0. The molecule has 2 atom stereocenters. The lowest BCUT2D eigenvalue weighted by Gasteiger charge is -2.41. The van der Waals surface area contributed by atoms with Gasteiger partial charge in [-0.3, -0.25) is 14.4 Å². The van der Waals surface area contributed by atoms with E-state index in [1.54, 1.807) is 42.3 Å². The van der Waals surface area contributed by atoms with Gasteiger partial charge in [0, 0.05) is 35.3 Å². The van der Waals surface area contributed by atoms with Crippen LogP contribution in [0.4, 0.5) is 5.69 Å². The van der Waals surface area contributed by atoms with E-state index in [-0.39, 0.29) is 17.6 Å². The molecule has 164 valence electrons. The van der Waals surface area contributed by atoms with E-state index in [1.165, 1.54) is 18.3 Å². The van der Waals surface area contributed by atoms with E-state index in [2.05, 4.69) is 5.32 Å². The zero-order valence-corrected chi connectivity index (χ0v) is 18.7. The Labute approximate surface area is 190 Å². The number of carbonyl (C=O) groups excluding carboxylic acids is 3. The molecule has 1 aliphatic heterocycles. The number of anilines is 1. The number of rotatable bonds is 7. The number of methoxy groups -OCH3 is 1. The van der Waals surface area contributed by atoms with Crippen molar-refractivity contribution in [3.8, 4) is 0 Å². The van der Waals surface area contributed by atoms with E-state index in [4.69, 9.17) is 4.74 Å². The van der Waals surface area contributed by atoms with Gasteiger partial charge in [-0.2, -0.15) is 0 Å². The molecule has 3 aromatic rings. The third-order valence-corrected chi connectivity index (χ3v) is 6.57. The number of nitrogens with zero attached hydrogens (tertiary/aromatic N) is 1. The van der Waals surface area contributed by atoms with Gasteiger partial charge in [-0.1, -0.05) is 36.4 Å². The smallest absolute Gasteiger partial charge is 0.254 e. The standard InChI is InChI=1S/C25H24N2O4S/c1-16(28)17-7-5-8-18(15-17)26-24(29)22-19-9-3-4-10-20(19)25(30)27(12-13-31-2)23(22)21-11-6-14-32-21/h3-11,14-15,22-23H,12-13H2,1-2H3,(H,26,29)/t22-,23-/m1/s1. The van der Waals surface area contributed by atoms with E-state index in [9.17, 15) is 14.4 Å². The molecule has 2 heterocycles. The number of benzene rings is 2. The van der Waals surface area contributed by atoms with Crippen molar-refractivity contribution in [3.63, 3.8) is 0 Å². The lowest BCUT2D eigenvalue weighted by atomic mass is 9.81. The first-order chi connectivity index (χ1) is 15.5. The van der Waals surface area contributed by atoms with Gasteiger partial charge in [0.15, 0.2) is 5.78 Å². The van der Waals surface area contributed by atoms with Crippen molar-refractivity contribution in [2.75, 3.05) is 25.6 Å². The lowest BCUT2D eigenvalue weighted by molar-refractivity contribution is -0.119. The number of ketones is 1. The molecule has 0 spiro atoms. The summed E-state index contributed by atoms with van der Waals surface area (Å²) in [5, 5.41) is 4.92. The fourth-order valence-corrected chi connectivity index (χ4v) is 5.00. The van der Waals surface area contributed by atoms with E-state index in [0.29, 0.717) is 35.5 Å². The van der Waals surface area contributed by atoms with Gasteiger partial charge in [-0.15, -0.1) is 11.3 Å². The molecule has 0 saturated heterocycles. The van der Waals surface area contributed by atoms with Gasteiger partial charge < -0.3 is 15.0 Å². The molecular formula is C25H24N2O4S. The molecule has 6 nitrogen and oxygen atoms in total. The predicted molar refractivity (Wildman–Crippen MR) is 124 cm³/mol. The van der Waals surface area contributed by atoms with Crippen molar-refractivity contribution in [2.24, 2.45) is 0 Å². The van der Waals surface area contributed by atoms with Gasteiger partial charge in [0.2, 0.25) is 5.91 Å². The van der Waals surface area contributed by atoms with Crippen LogP contribution in [0, 0.1) is 0 Å². The van der Waals surface area contributed by atoms with Crippen molar-refractivity contribution in [2.45, 2.75) is 18.9 Å². The van der Waals surface area contributed by atoms with Gasteiger partial charge in [-0.25, -0.2) is 0 Å².